The van der Waals surface area contributed by atoms with Crippen molar-refractivity contribution in [3.8, 4) is 0 Å². The first kappa shape index (κ1) is 19.1. The molecule has 1 aliphatic heterocycles. The molecule has 0 aliphatic carbocycles. The molecule has 1 aliphatic rings. The Bertz CT molecular complexity index is 839. The molecule has 1 atom stereocenters. The molecule has 1 saturated heterocycles. The summed E-state index contributed by atoms with van der Waals surface area (Å²) in [4.78, 5) is 6.00. The molecule has 5 nitrogen and oxygen atoms in total. The number of anilines is 1. The van der Waals surface area contributed by atoms with E-state index in [-0.39, 0.29) is 17.4 Å². The average molecular weight is 405 g/mol. The molecule has 2 heterocycles. The summed E-state index contributed by atoms with van der Waals surface area (Å²) in [5.41, 5.74) is -0.979. The van der Waals surface area contributed by atoms with Crippen molar-refractivity contribution in [3.05, 3.63) is 41.4 Å². The minimum atomic E-state index is -4.58. The van der Waals surface area contributed by atoms with Gasteiger partial charge in [0.1, 0.15) is 0 Å². The maximum Gasteiger partial charge on any atom is 0.416 e. The molecule has 0 spiro atoms. The number of benzene rings is 1. The van der Waals surface area contributed by atoms with Crippen LogP contribution in [0.15, 0.2) is 40.7 Å². The SMILES string of the molecule is O=S(=O)(NCC1CCCN(c2nccs2)C1)c1cccc(C(F)(F)F)c1. The van der Waals surface area contributed by atoms with Crippen molar-refractivity contribution in [2.45, 2.75) is 23.9 Å². The number of sulfonamides is 1. The zero-order chi connectivity index (χ0) is 18.8. The third-order valence-corrected chi connectivity index (χ3v) is 6.50. The van der Waals surface area contributed by atoms with E-state index >= 15 is 0 Å². The topological polar surface area (TPSA) is 62.3 Å². The molecule has 1 fully saturated rings. The van der Waals surface area contributed by atoms with Crippen LogP contribution in [0, 0.1) is 5.92 Å². The first-order valence-electron chi connectivity index (χ1n) is 8.07. The molecule has 10 heteroatoms. The minimum absolute atomic E-state index is 0.0771. The Morgan fingerprint density at radius 3 is 2.85 bits per heavy atom. The Morgan fingerprint density at radius 2 is 2.15 bits per heavy atom. The molecular weight excluding hydrogens is 387 g/mol. The molecule has 1 unspecified atom stereocenters. The number of nitrogens with zero attached hydrogens (tertiary/aromatic N) is 2. The normalized spacial score (nSPS) is 18.9. The van der Waals surface area contributed by atoms with Crippen LogP contribution in [-0.4, -0.2) is 33.0 Å². The molecule has 26 heavy (non-hydrogen) atoms. The lowest BCUT2D eigenvalue weighted by Crippen LogP contribution is -2.41. The summed E-state index contributed by atoms with van der Waals surface area (Å²) < 4.78 is 65.5. The molecular formula is C16H18F3N3O2S2. The highest BCUT2D eigenvalue weighted by molar-refractivity contribution is 7.89. The van der Waals surface area contributed by atoms with Crippen LogP contribution in [0.25, 0.3) is 0 Å². The highest BCUT2D eigenvalue weighted by Crippen LogP contribution is 2.30. The van der Waals surface area contributed by atoms with Crippen LogP contribution in [0.4, 0.5) is 18.3 Å². The van der Waals surface area contributed by atoms with Gasteiger partial charge in [-0.25, -0.2) is 18.1 Å². The fraction of sp³-hybridized carbons (Fsp3) is 0.438. The van der Waals surface area contributed by atoms with Crippen molar-refractivity contribution in [2.24, 2.45) is 5.92 Å². The van der Waals surface area contributed by atoms with Crippen molar-refractivity contribution in [1.82, 2.24) is 9.71 Å². The van der Waals surface area contributed by atoms with Gasteiger partial charge in [0, 0.05) is 31.2 Å². The monoisotopic (exact) mass is 405 g/mol. The Balaban J connectivity index is 1.65. The molecule has 2 aromatic rings. The number of nitrogens with one attached hydrogen (secondary N) is 1. The smallest absolute Gasteiger partial charge is 0.348 e. The molecule has 0 saturated carbocycles. The molecule has 142 valence electrons. The zero-order valence-electron chi connectivity index (χ0n) is 13.7. The summed E-state index contributed by atoms with van der Waals surface area (Å²) in [6.45, 7) is 1.71. The van der Waals surface area contributed by atoms with E-state index in [4.69, 9.17) is 0 Å². The van der Waals surface area contributed by atoms with Gasteiger partial charge in [-0.1, -0.05) is 6.07 Å². The Kier molecular flexibility index (Phi) is 5.54. The molecule has 3 rings (SSSR count). The predicted molar refractivity (Wildman–Crippen MR) is 93.7 cm³/mol. The zero-order valence-corrected chi connectivity index (χ0v) is 15.4. The summed E-state index contributed by atoms with van der Waals surface area (Å²) in [6, 6.07) is 3.78. The van der Waals surface area contributed by atoms with E-state index < -0.39 is 21.8 Å². The maximum atomic E-state index is 12.8. The standard InChI is InChI=1S/C16H18F3N3O2S2/c17-16(18,19)13-4-1-5-14(9-13)26(23,24)21-10-12-3-2-7-22(11-12)15-20-6-8-25-15/h1,4-6,8-9,12,21H,2-3,7,10-11H2. The minimum Gasteiger partial charge on any atom is -0.348 e. The van der Waals surface area contributed by atoms with Crippen molar-refractivity contribution in [3.63, 3.8) is 0 Å². The number of rotatable bonds is 5. The van der Waals surface area contributed by atoms with Crippen LogP contribution in [0.3, 0.4) is 0 Å². The summed E-state index contributed by atoms with van der Waals surface area (Å²) in [5, 5.41) is 2.78. The van der Waals surface area contributed by atoms with Crippen molar-refractivity contribution >= 4 is 26.5 Å². The summed E-state index contributed by atoms with van der Waals surface area (Å²) >= 11 is 1.53. The number of hydrogen-bond acceptors (Lipinski definition) is 5. The molecule has 0 amide bonds. The summed E-state index contributed by atoms with van der Waals surface area (Å²) in [6.07, 6.45) is -1.09. The lowest BCUT2D eigenvalue weighted by molar-refractivity contribution is -0.137. The van der Waals surface area contributed by atoms with E-state index in [9.17, 15) is 21.6 Å². The number of aromatic nitrogens is 1. The summed E-state index contributed by atoms with van der Waals surface area (Å²) in [7, 11) is -4.00. The highest BCUT2D eigenvalue weighted by Gasteiger charge is 2.32. The molecule has 1 aromatic carbocycles. The van der Waals surface area contributed by atoms with Gasteiger partial charge in [-0.3, -0.25) is 0 Å². The van der Waals surface area contributed by atoms with Gasteiger partial charge in [0.05, 0.1) is 10.5 Å². The van der Waals surface area contributed by atoms with E-state index in [1.807, 2.05) is 5.38 Å². The first-order chi connectivity index (χ1) is 12.3. The second kappa shape index (κ2) is 7.53. The van der Waals surface area contributed by atoms with Crippen LogP contribution in [-0.2, 0) is 16.2 Å². The van der Waals surface area contributed by atoms with E-state index in [0.717, 1.165) is 36.7 Å². The number of halogens is 3. The van der Waals surface area contributed by atoms with E-state index in [1.54, 1.807) is 6.20 Å². The van der Waals surface area contributed by atoms with E-state index in [1.165, 1.54) is 17.4 Å². The second-order valence-corrected chi connectivity index (χ2v) is 8.79. The lowest BCUT2D eigenvalue weighted by Gasteiger charge is -2.32. The van der Waals surface area contributed by atoms with Gasteiger partial charge in [0.2, 0.25) is 10.0 Å². The van der Waals surface area contributed by atoms with Crippen molar-refractivity contribution in [2.75, 3.05) is 24.5 Å². The first-order valence-corrected chi connectivity index (χ1v) is 10.4. The number of piperidine rings is 1. The fourth-order valence-electron chi connectivity index (χ4n) is 2.93. The second-order valence-electron chi connectivity index (χ2n) is 6.15. The van der Waals surface area contributed by atoms with E-state index in [0.29, 0.717) is 12.6 Å². The van der Waals surface area contributed by atoms with Gasteiger partial charge in [0.25, 0.3) is 0 Å². The quantitative estimate of drug-likeness (QED) is 0.829. The average Bonchev–Trinajstić information content (AvgIpc) is 3.14. The maximum absolute atomic E-state index is 12.8. The molecule has 0 bridgehead atoms. The number of alkyl halides is 3. The van der Waals surface area contributed by atoms with Gasteiger partial charge in [-0.05, 0) is 37.0 Å². The van der Waals surface area contributed by atoms with Gasteiger partial charge < -0.3 is 4.90 Å². The predicted octanol–water partition coefficient (Wildman–Crippen LogP) is 3.36. The van der Waals surface area contributed by atoms with Gasteiger partial charge in [-0.2, -0.15) is 13.2 Å². The van der Waals surface area contributed by atoms with Crippen molar-refractivity contribution in [1.29, 1.82) is 0 Å². The third kappa shape index (κ3) is 4.54. The fourth-order valence-corrected chi connectivity index (χ4v) is 4.77. The molecule has 1 aromatic heterocycles. The van der Waals surface area contributed by atoms with Crippen LogP contribution in [0.1, 0.15) is 18.4 Å². The Hall–Kier alpha value is -1.65. The van der Waals surface area contributed by atoms with Gasteiger partial charge in [-0.15, -0.1) is 11.3 Å². The third-order valence-electron chi connectivity index (χ3n) is 4.24. The van der Waals surface area contributed by atoms with Gasteiger partial charge >= 0.3 is 6.18 Å². The van der Waals surface area contributed by atoms with Crippen molar-refractivity contribution < 1.29 is 21.6 Å². The van der Waals surface area contributed by atoms with Gasteiger partial charge in [0.15, 0.2) is 5.13 Å². The highest BCUT2D eigenvalue weighted by atomic mass is 32.2. The Labute approximate surface area is 153 Å². The Morgan fingerprint density at radius 1 is 1.35 bits per heavy atom. The van der Waals surface area contributed by atoms with Crippen LogP contribution < -0.4 is 9.62 Å². The van der Waals surface area contributed by atoms with Crippen LogP contribution in [0.5, 0.6) is 0 Å². The van der Waals surface area contributed by atoms with E-state index in [2.05, 4.69) is 14.6 Å². The largest absolute Gasteiger partial charge is 0.416 e. The van der Waals surface area contributed by atoms with Crippen LogP contribution >= 0.6 is 11.3 Å². The lowest BCUT2D eigenvalue weighted by atomic mass is 9.99. The molecule has 0 radical (unpaired) electrons. The summed E-state index contributed by atoms with van der Waals surface area (Å²) in [5.74, 6) is 0.0771. The molecule has 1 N–H and O–H groups in total. The van der Waals surface area contributed by atoms with Crippen LogP contribution in [0.2, 0.25) is 0 Å². The number of thiazole rings is 1. The number of hydrogen-bond donors (Lipinski definition) is 1.